The topological polar surface area (TPSA) is 85.8 Å². The second-order valence-corrected chi connectivity index (χ2v) is 6.12. The lowest BCUT2D eigenvalue weighted by Crippen LogP contribution is -2.12. The number of alkyl halides is 3. The number of hydrogen-bond acceptors (Lipinski definition) is 5. The number of carbonyl (C=O) groups excluding carboxylic acids is 1. The summed E-state index contributed by atoms with van der Waals surface area (Å²) in [6.45, 7) is 0. The number of rotatable bonds is 4. The van der Waals surface area contributed by atoms with E-state index in [9.17, 15) is 22.4 Å². The van der Waals surface area contributed by atoms with E-state index in [1.165, 1.54) is 47.4 Å². The monoisotopic (exact) mass is 417 g/mol. The van der Waals surface area contributed by atoms with Crippen molar-refractivity contribution in [2.75, 3.05) is 5.32 Å². The molecule has 30 heavy (non-hydrogen) atoms. The van der Waals surface area contributed by atoms with E-state index in [0.29, 0.717) is 5.69 Å². The smallest absolute Gasteiger partial charge is 0.416 e. The minimum atomic E-state index is -4.51. The number of furan rings is 1. The maximum absolute atomic E-state index is 14.1. The minimum Gasteiger partial charge on any atom is -0.451 e. The molecule has 152 valence electrons. The minimum absolute atomic E-state index is 0.0640. The van der Waals surface area contributed by atoms with E-state index in [1.807, 2.05) is 0 Å². The van der Waals surface area contributed by atoms with Gasteiger partial charge in [-0.2, -0.15) is 13.2 Å². The van der Waals surface area contributed by atoms with Crippen molar-refractivity contribution in [3.63, 3.8) is 0 Å². The summed E-state index contributed by atoms with van der Waals surface area (Å²) in [6.07, 6.45) is -3.21. The number of nitrogens with one attached hydrogen (secondary N) is 1. The predicted octanol–water partition coefficient (Wildman–Crippen LogP) is 4.33. The van der Waals surface area contributed by atoms with Crippen molar-refractivity contribution in [1.29, 1.82) is 0 Å². The van der Waals surface area contributed by atoms with Crippen molar-refractivity contribution in [2.24, 2.45) is 0 Å². The SMILES string of the molecule is O=C(Nc1cc(-n2cnnn2)ccc1F)c1ccc(-c2cccc(C(F)(F)F)c2)o1. The van der Waals surface area contributed by atoms with Crippen LogP contribution in [0.2, 0.25) is 0 Å². The van der Waals surface area contributed by atoms with Crippen LogP contribution in [-0.4, -0.2) is 26.1 Å². The van der Waals surface area contributed by atoms with Crippen LogP contribution in [0.15, 0.2) is 65.3 Å². The Morgan fingerprint density at radius 3 is 2.63 bits per heavy atom. The second-order valence-electron chi connectivity index (χ2n) is 6.12. The standard InChI is InChI=1S/C19H11F4N5O2/c20-14-5-4-13(28-10-24-26-27-28)9-15(14)25-18(29)17-7-6-16(30-17)11-2-1-3-12(8-11)19(21,22)23/h1-10H,(H,25,29). The van der Waals surface area contributed by atoms with Crippen LogP contribution in [0.4, 0.5) is 23.2 Å². The van der Waals surface area contributed by atoms with Crippen LogP contribution in [0.1, 0.15) is 16.1 Å². The molecule has 0 aliphatic rings. The number of halogens is 4. The van der Waals surface area contributed by atoms with Gasteiger partial charge >= 0.3 is 6.18 Å². The molecule has 0 bridgehead atoms. The van der Waals surface area contributed by atoms with Gasteiger partial charge in [-0.3, -0.25) is 4.79 Å². The van der Waals surface area contributed by atoms with Gasteiger partial charge in [0.05, 0.1) is 16.9 Å². The molecule has 7 nitrogen and oxygen atoms in total. The molecule has 0 unspecified atom stereocenters. The number of anilines is 1. The Hall–Kier alpha value is -4.02. The summed E-state index contributed by atoms with van der Waals surface area (Å²) in [7, 11) is 0. The Morgan fingerprint density at radius 2 is 1.90 bits per heavy atom. The zero-order valence-electron chi connectivity index (χ0n) is 14.9. The number of nitrogens with zero attached hydrogens (tertiary/aromatic N) is 4. The molecule has 2 heterocycles. The summed E-state index contributed by atoms with van der Waals surface area (Å²) in [4.78, 5) is 12.4. The summed E-state index contributed by atoms with van der Waals surface area (Å²) in [6, 6.07) is 11.0. The molecular weight excluding hydrogens is 406 g/mol. The predicted molar refractivity (Wildman–Crippen MR) is 96.2 cm³/mol. The van der Waals surface area contributed by atoms with E-state index in [4.69, 9.17) is 4.42 Å². The highest BCUT2D eigenvalue weighted by molar-refractivity contribution is 6.02. The normalized spacial score (nSPS) is 11.5. The third kappa shape index (κ3) is 3.90. The van der Waals surface area contributed by atoms with E-state index in [1.54, 1.807) is 0 Å². The van der Waals surface area contributed by atoms with Crippen LogP contribution in [0.25, 0.3) is 17.0 Å². The Kier molecular flexibility index (Phi) is 4.78. The lowest BCUT2D eigenvalue weighted by atomic mass is 10.1. The molecular formula is C19H11F4N5O2. The number of aromatic nitrogens is 4. The fourth-order valence-corrected chi connectivity index (χ4v) is 2.68. The summed E-state index contributed by atoms with van der Waals surface area (Å²) in [5.41, 5.74) is -0.439. The van der Waals surface area contributed by atoms with Gasteiger partial charge in [-0.1, -0.05) is 12.1 Å². The molecule has 2 aromatic heterocycles. The third-order valence-corrected chi connectivity index (χ3v) is 4.12. The number of tetrazole rings is 1. The van der Waals surface area contributed by atoms with Gasteiger partial charge in [0.2, 0.25) is 0 Å². The van der Waals surface area contributed by atoms with Gasteiger partial charge in [-0.05, 0) is 52.9 Å². The van der Waals surface area contributed by atoms with E-state index < -0.39 is 23.5 Å². The fourth-order valence-electron chi connectivity index (χ4n) is 2.68. The van der Waals surface area contributed by atoms with Crippen molar-refractivity contribution in [3.05, 3.63) is 78.1 Å². The first-order valence-corrected chi connectivity index (χ1v) is 8.43. The molecule has 0 atom stereocenters. The molecule has 11 heteroatoms. The summed E-state index contributed by atoms with van der Waals surface area (Å²) in [5.74, 6) is -1.62. The Bertz CT molecular complexity index is 1200. The molecule has 1 amide bonds. The lowest BCUT2D eigenvalue weighted by molar-refractivity contribution is -0.137. The first kappa shape index (κ1) is 19.3. The van der Waals surface area contributed by atoms with E-state index in [0.717, 1.165) is 18.2 Å². The van der Waals surface area contributed by atoms with Crippen LogP contribution in [0, 0.1) is 5.82 Å². The van der Waals surface area contributed by atoms with Gasteiger partial charge in [0.25, 0.3) is 5.91 Å². The van der Waals surface area contributed by atoms with E-state index >= 15 is 0 Å². The van der Waals surface area contributed by atoms with Gasteiger partial charge in [-0.25, -0.2) is 9.07 Å². The molecule has 0 aliphatic carbocycles. The highest BCUT2D eigenvalue weighted by Gasteiger charge is 2.30. The van der Waals surface area contributed by atoms with Crippen LogP contribution >= 0.6 is 0 Å². The molecule has 0 aliphatic heterocycles. The lowest BCUT2D eigenvalue weighted by Gasteiger charge is -2.08. The average molecular weight is 417 g/mol. The van der Waals surface area contributed by atoms with E-state index in [2.05, 4.69) is 20.8 Å². The first-order valence-electron chi connectivity index (χ1n) is 8.43. The summed E-state index contributed by atoms with van der Waals surface area (Å²) < 4.78 is 59.4. The van der Waals surface area contributed by atoms with Crippen molar-refractivity contribution < 1.29 is 26.8 Å². The van der Waals surface area contributed by atoms with E-state index in [-0.39, 0.29) is 22.8 Å². The first-order chi connectivity index (χ1) is 14.3. The molecule has 0 saturated heterocycles. The molecule has 4 rings (SSSR count). The Morgan fingerprint density at radius 1 is 1.07 bits per heavy atom. The summed E-state index contributed by atoms with van der Waals surface area (Å²) in [5, 5.41) is 13.0. The van der Waals surface area contributed by atoms with Gasteiger partial charge < -0.3 is 9.73 Å². The second kappa shape index (κ2) is 7.43. The zero-order valence-corrected chi connectivity index (χ0v) is 14.9. The molecule has 0 spiro atoms. The maximum atomic E-state index is 14.1. The molecule has 0 fully saturated rings. The van der Waals surface area contributed by atoms with Crippen molar-refractivity contribution in [3.8, 4) is 17.0 Å². The van der Waals surface area contributed by atoms with Crippen LogP contribution in [0.3, 0.4) is 0 Å². The highest BCUT2D eigenvalue weighted by Crippen LogP contribution is 2.32. The van der Waals surface area contributed by atoms with Gasteiger partial charge in [0, 0.05) is 5.56 Å². The summed E-state index contributed by atoms with van der Waals surface area (Å²) >= 11 is 0. The molecule has 0 radical (unpaired) electrons. The maximum Gasteiger partial charge on any atom is 0.416 e. The quantitative estimate of drug-likeness (QED) is 0.500. The molecule has 2 aromatic carbocycles. The van der Waals surface area contributed by atoms with Gasteiger partial charge in [0.1, 0.15) is 17.9 Å². The third-order valence-electron chi connectivity index (χ3n) is 4.12. The van der Waals surface area contributed by atoms with Crippen molar-refractivity contribution in [1.82, 2.24) is 20.2 Å². The molecule has 0 saturated carbocycles. The Labute approximate surface area is 165 Å². The number of benzene rings is 2. The van der Waals surface area contributed by atoms with Gasteiger partial charge in [0.15, 0.2) is 5.76 Å². The zero-order chi connectivity index (χ0) is 21.3. The fraction of sp³-hybridized carbons (Fsp3) is 0.0526. The highest BCUT2D eigenvalue weighted by atomic mass is 19.4. The average Bonchev–Trinajstić information content (AvgIpc) is 3.41. The number of carbonyl (C=O) groups is 1. The molecule has 1 N–H and O–H groups in total. The number of amides is 1. The van der Waals surface area contributed by atoms with Gasteiger partial charge in [-0.15, -0.1) is 5.10 Å². The van der Waals surface area contributed by atoms with Crippen LogP contribution in [-0.2, 0) is 6.18 Å². The largest absolute Gasteiger partial charge is 0.451 e. The van der Waals surface area contributed by atoms with Crippen LogP contribution < -0.4 is 5.32 Å². The Balaban J connectivity index is 1.56. The number of hydrogen-bond donors (Lipinski definition) is 1. The van der Waals surface area contributed by atoms with Crippen molar-refractivity contribution >= 4 is 11.6 Å². The van der Waals surface area contributed by atoms with Crippen molar-refractivity contribution in [2.45, 2.75) is 6.18 Å². The van der Waals surface area contributed by atoms with Crippen LogP contribution in [0.5, 0.6) is 0 Å². The molecule has 4 aromatic rings.